The Morgan fingerprint density at radius 1 is 1.38 bits per heavy atom. The van der Waals surface area contributed by atoms with Crippen molar-refractivity contribution in [3.8, 4) is 17.2 Å². The molecule has 6 nitrogen and oxygen atoms in total. The average molecular weight is 371 g/mol. The zero-order chi connectivity index (χ0) is 19.1. The maximum Gasteiger partial charge on any atom is 0.261 e. The summed E-state index contributed by atoms with van der Waals surface area (Å²) < 4.78 is 5.15. The quantitative estimate of drug-likeness (QED) is 0.722. The Kier molecular flexibility index (Phi) is 6.89. The van der Waals surface area contributed by atoms with Gasteiger partial charge < -0.3 is 15.0 Å². The summed E-state index contributed by atoms with van der Waals surface area (Å²) >= 11 is 1.30. The van der Waals surface area contributed by atoms with E-state index in [4.69, 9.17) is 4.74 Å². The number of amides is 1. The largest absolute Gasteiger partial charge is 0.383 e. The number of ether oxygens (including phenoxy) is 1. The molecular weight excluding hydrogens is 350 g/mol. The molecule has 0 aliphatic heterocycles. The van der Waals surface area contributed by atoms with Crippen LogP contribution in [0.2, 0.25) is 0 Å². The summed E-state index contributed by atoms with van der Waals surface area (Å²) in [6, 6.07) is 9.13. The molecular formula is C19H21N3O3S. The van der Waals surface area contributed by atoms with Crippen LogP contribution in [0.5, 0.6) is 0 Å². The van der Waals surface area contributed by atoms with E-state index in [2.05, 4.69) is 11.4 Å². The number of likely N-dealkylation sites (N-methyl/N-ethyl adjacent to an activating group) is 1. The number of nitrogens with zero attached hydrogens (tertiary/aromatic N) is 2. The minimum Gasteiger partial charge on any atom is -0.383 e. The number of thiophene rings is 1. The van der Waals surface area contributed by atoms with E-state index in [-0.39, 0.29) is 5.91 Å². The van der Waals surface area contributed by atoms with Crippen LogP contribution < -0.4 is 10.2 Å². The minimum atomic E-state index is -0.241. The lowest BCUT2D eigenvalue weighted by Crippen LogP contribution is -2.26. The fourth-order valence-corrected chi connectivity index (χ4v) is 3.94. The van der Waals surface area contributed by atoms with E-state index in [0.717, 1.165) is 16.9 Å². The molecule has 0 aliphatic carbocycles. The van der Waals surface area contributed by atoms with Gasteiger partial charge >= 0.3 is 0 Å². The first-order valence-corrected chi connectivity index (χ1v) is 9.01. The number of methoxy groups -OCH3 is 1. The molecule has 2 rings (SSSR count). The normalized spacial score (nSPS) is 10.2. The molecule has 1 amide bonds. The molecule has 1 aromatic heterocycles. The highest BCUT2D eigenvalue weighted by molar-refractivity contribution is 7.18. The highest BCUT2D eigenvalue weighted by atomic mass is 32.1. The third-order valence-electron chi connectivity index (χ3n) is 4.00. The van der Waals surface area contributed by atoms with Crippen molar-refractivity contribution in [2.45, 2.75) is 6.92 Å². The van der Waals surface area contributed by atoms with Crippen molar-refractivity contribution in [1.29, 1.82) is 5.26 Å². The van der Waals surface area contributed by atoms with E-state index in [0.29, 0.717) is 41.3 Å². The molecule has 0 bridgehead atoms. The number of carbonyl (C=O) groups excluding carboxylic acids is 2. The molecule has 2 aromatic rings. The van der Waals surface area contributed by atoms with Crippen molar-refractivity contribution in [3.05, 3.63) is 40.3 Å². The Bertz CT molecular complexity index is 822. The van der Waals surface area contributed by atoms with Crippen molar-refractivity contribution in [2.75, 3.05) is 38.8 Å². The first-order chi connectivity index (χ1) is 12.6. The second-order valence-electron chi connectivity index (χ2n) is 5.49. The van der Waals surface area contributed by atoms with Crippen molar-refractivity contribution >= 4 is 28.5 Å². The van der Waals surface area contributed by atoms with Gasteiger partial charge in [-0.1, -0.05) is 24.3 Å². The molecule has 0 fully saturated rings. The summed E-state index contributed by atoms with van der Waals surface area (Å²) in [5, 5.41) is 13.2. The molecule has 1 aromatic carbocycles. The van der Waals surface area contributed by atoms with Crippen LogP contribution in [0.4, 0.5) is 5.00 Å². The topological polar surface area (TPSA) is 82.4 Å². The number of hydrogen-bond donors (Lipinski definition) is 1. The smallest absolute Gasteiger partial charge is 0.261 e. The molecule has 0 spiro atoms. The molecule has 0 saturated carbocycles. The first-order valence-electron chi connectivity index (χ1n) is 8.19. The van der Waals surface area contributed by atoms with E-state index in [1.54, 1.807) is 38.4 Å². The number of nitrogens with one attached hydrogen (secondary N) is 1. The predicted octanol–water partition coefficient (Wildman–Crippen LogP) is 2.93. The molecule has 136 valence electrons. The van der Waals surface area contributed by atoms with Crippen molar-refractivity contribution < 1.29 is 14.3 Å². The Balaban J connectivity index is 2.65. The highest BCUT2D eigenvalue weighted by Crippen LogP contribution is 2.41. The molecule has 0 saturated heterocycles. The van der Waals surface area contributed by atoms with Gasteiger partial charge in [-0.2, -0.15) is 5.26 Å². The predicted molar refractivity (Wildman–Crippen MR) is 103 cm³/mol. The van der Waals surface area contributed by atoms with Gasteiger partial charge in [0.15, 0.2) is 0 Å². The van der Waals surface area contributed by atoms with E-state index in [9.17, 15) is 14.9 Å². The Morgan fingerprint density at radius 3 is 2.58 bits per heavy atom. The van der Waals surface area contributed by atoms with Gasteiger partial charge in [0.05, 0.1) is 12.2 Å². The lowest BCUT2D eigenvalue weighted by atomic mass is 10.00. The third-order valence-corrected chi connectivity index (χ3v) is 5.25. The summed E-state index contributed by atoms with van der Waals surface area (Å²) in [7, 11) is 3.19. The van der Waals surface area contributed by atoms with Crippen LogP contribution in [0, 0.1) is 11.3 Å². The molecule has 1 N–H and O–H groups in total. The van der Waals surface area contributed by atoms with E-state index < -0.39 is 0 Å². The Labute approximate surface area is 157 Å². The van der Waals surface area contributed by atoms with Crippen LogP contribution in [0.3, 0.4) is 0 Å². The third kappa shape index (κ3) is 3.93. The molecule has 1 heterocycles. The number of carbonyl (C=O) groups is 2. The fourth-order valence-electron chi connectivity index (χ4n) is 2.63. The maximum absolute atomic E-state index is 12.4. The summed E-state index contributed by atoms with van der Waals surface area (Å²) in [6.07, 6.45) is 0.761. The number of nitriles is 1. The number of benzene rings is 1. The van der Waals surface area contributed by atoms with Crippen molar-refractivity contribution in [3.63, 3.8) is 0 Å². The van der Waals surface area contributed by atoms with Crippen LogP contribution in [-0.4, -0.2) is 46.0 Å². The fraction of sp³-hybridized carbons (Fsp3) is 0.316. The van der Waals surface area contributed by atoms with E-state index in [1.165, 1.54) is 11.3 Å². The maximum atomic E-state index is 12.4. The molecule has 0 unspecified atom stereocenters. The lowest BCUT2D eigenvalue weighted by Gasteiger charge is -2.21. The second kappa shape index (κ2) is 9.13. The van der Waals surface area contributed by atoms with Crippen LogP contribution in [0.15, 0.2) is 24.3 Å². The van der Waals surface area contributed by atoms with E-state index in [1.807, 2.05) is 11.8 Å². The number of anilines is 1. The van der Waals surface area contributed by atoms with Gasteiger partial charge in [0.2, 0.25) is 0 Å². The molecule has 7 heteroatoms. The standard InChI is InChI=1S/C19H21N3O3S/c1-4-22(9-10-25-3)19-15(11-20)16(17(26-19)18(24)21-2)14-7-5-13(12-23)6-8-14/h5-8,12H,4,9-10H2,1-3H3,(H,21,24). The highest BCUT2D eigenvalue weighted by Gasteiger charge is 2.26. The minimum absolute atomic E-state index is 0.241. The number of hydrogen-bond acceptors (Lipinski definition) is 6. The van der Waals surface area contributed by atoms with Gasteiger partial charge in [-0.25, -0.2) is 0 Å². The van der Waals surface area contributed by atoms with Crippen molar-refractivity contribution in [2.24, 2.45) is 0 Å². The molecule has 0 radical (unpaired) electrons. The van der Waals surface area contributed by atoms with Crippen LogP contribution in [0.25, 0.3) is 11.1 Å². The number of rotatable bonds is 8. The van der Waals surface area contributed by atoms with Gasteiger partial charge in [-0.15, -0.1) is 11.3 Å². The van der Waals surface area contributed by atoms with Gasteiger partial charge in [-0.05, 0) is 12.5 Å². The molecule has 26 heavy (non-hydrogen) atoms. The summed E-state index contributed by atoms with van der Waals surface area (Å²) in [5.74, 6) is -0.241. The molecule has 0 aliphatic rings. The average Bonchev–Trinajstić information content (AvgIpc) is 3.07. The second-order valence-corrected chi connectivity index (χ2v) is 6.49. The lowest BCUT2D eigenvalue weighted by molar-refractivity contribution is 0.0967. The van der Waals surface area contributed by atoms with Crippen LogP contribution in [0.1, 0.15) is 32.5 Å². The van der Waals surface area contributed by atoms with Crippen LogP contribution in [-0.2, 0) is 4.74 Å². The summed E-state index contributed by atoms with van der Waals surface area (Å²) in [6.45, 7) is 3.83. The SMILES string of the molecule is CCN(CCOC)c1sc(C(=O)NC)c(-c2ccc(C=O)cc2)c1C#N. The van der Waals surface area contributed by atoms with Gasteiger partial charge in [-0.3, -0.25) is 9.59 Å². The number of aldehydes is 1. The zero-order valence-electron chi connectivity index (χ0n) is 15.0. The molecule has 0 atom stereocenters. The Morgan fingerprint density at radius 2 is 2.08 bits per heavy atom. The summed E-state index contributed by atoms with van der Waals surface area (Å²) in [4.78, 5) is 25.8. The van der Waals surface area contributed by atoms with Gasteiger partial charge in [0.25, 0.3) is 5.91 Å². The van der Waals surface area contributed by atoms with Crippen molar-refractivity contribution in [1.82, 2.24) is 5.32 Å². The zero-order valence-corrected chi connectivity index (χ0v) is 15.9. The monoisotopic (exact) mass is 371 g/mol. The van der Waals surface area contributed by atoms with E-state index >= 15 is 0 Å². The first kappa shape index (κ1) is 19.6. The Hall–Kier alpha value is -2.69. The van der Waals surface area contributed by atoms with Gasteiger partial charge in [0.1, 0.15) is 22.2 Å². The summed E-state index contributed by atoms with van der Waals surface area (Å²) in [5.41, 5.74) is 2.33. The van der Waals surface area contributed by atoms with Gasteiger partial charge in [0, 0.05) is 38.4 Å². The van der Waals surface area contributed by atoms with Crippen LogP contribution >= 0.6 is 11.3 Å².